The van der Waals surface area contributed by atoms with Crippen molar-refractivity contribution in [3.05, 3.63) is 78.1 Å². The largest absolute Gasteiger partial charge is 0.495 e. The fourth-order valence-electron chi connectivity index (χ4n) is 3.88. The summed E-state index contributed by atoms with van der Waals surface area (Å²) in [7, 11) is -2.54. The summed E-state index contributed by atoms with van der Waals surface area (Å²) in [5.41, 5.74) is 3.20. The number of nitrogens with one attached hydrogen (secondary N) is 3. The van der Waals surface area contributed by atoms with Gasteiger partial charge in [0.05, 0.1) is 25.2 Å². The lowest BCUT2D eigenvalue weighted by Gasteiger charge is -2.10. The van der Waals surface area contributed by atoms with Crippen molar-refractivity contribution in [1.29, 1.82) is 0 Å². The SMILES string of the molecule is C=CC(=O)NCCNCc1cnn(Cc2cc(C)c3c(NS(=O)(=O)c4ccccc4OC)noc3c2)c1. The van der Waals surface area contributed by atoms with E-state index < -0.39 is 10.0 Å². The molecule has 2 heterocycles. The van der Waals surface area contributed by atoms with Gasteiger partial charge in [0.25, 0.3) is 10.0 Å². The Balaban J connectivity index is 1.43. The highest BCUT2D eigenvalue weighted by atomic mass is 32.2. The smallest absolute Gasteiger partial charge is 0.266 e. The number of benzene rings is 2. The lowest BCUT2D eigenvalue weighted by molar-refractivity contribution is -0.116. The van der Waals surface area contributed by atoms with E-state index in [1.165, 1.54) is 19.3 Å². The lowest BCUT2D eigenvalue weighted by atomic mass is 10.1. The molecule has 2 aromatic heterocycles. The van der Waals surface area contributed by atoms with Crippen molar-refractivity contribution in [2.24, 2.45) is 0 Å². The molecule has 0 aliphatic rings. The van der Waals surface area contributed by atoms with Crippen molar-refractivity contribution >= 4 is 32.7 Å². The number of aromatic nitrogens is 3. The minimum Gasteiger partial charge on any atom is -0.495 e. The zero-order chi connectivity index (χ0) is 26.4. The molecule has 0 saturated carbocycles. The van der Waals surface area contributed by atoms with Gasteiger partial charge in [-0.1, -0.05) is 29.9 Å². The predicted molar refractivity (Wildman–Crippen MR) is 139 cm³/mol. The van der Waals surface area contributed by atoms with Crippen LogP contribution in [-0.2, 0) is 27.9 Å². The Bertz CT molecular complexity index is 1530. The van der Waals surface area contributed by atoms with Gasteiger partial charge in [-0.25, -0.2) is 8.42 Å². The molecule has 0 fully saturated rings. The van der Waals surface area contributed by atoms with Gasteiger partial charge in [-0.05, 0) is 42.3 Å². The predicted octanol–water partition coefficient (Wildman–Crippen LogP) is 2.58. The van der Waals surface area contributed by atoms with E-state index in [9.17, 15) is 13.2 Å². The van der Waals surface area contributed by atoms with Crippen molar-refractivity contribution < 1.29 is 22.5 Å². The Labute approximate surface area is 214 Å². The number of anilines is 1. The molecule has 2 aromatic carbocycles. The first-order valence-electron chi connectivity index (χ1n) is 11.5. The second-order valence-corrected chi connectivity index (χ2v) is 9.94. The van der Waals surface area contributed by atoms with Crippen LogP contribution >= 0.6 is 0 Å². The first-order valence-corrected chi connectivity index (χ1v) is 13.0. The highest BCUT2D eigenvalue weighted by molar-refractivity contribution is 7.92. The van der Waals surface area contributed by atoms with Crippen molar-refractivity contribution in [3.63, 3.8) is 0 Å². The molecule has 0 saturated heterocycles. The third kappa shape index (κ3) is 6.16. The van der Waals surface area contributed by atoms with Gasteiger partial charge in [-0.3, -0.25) is 14.2 Å². The molecule has 0 spiro atoms. The van der Waals surface area contributed by atoms with Gasteiger partial charge in [-0.15, -0.1) is 0 Å². The van der Waals surface area contributed by atoms with E-state index >= 15 is 0 Å². The molecular weight excluding hydrogens is 496 g/mol. The van der Waals surface area contributed by atoms with Crippen LogP contribution in [0.3, 0.4) is 0 Å². The summed E-state index contributed by atoms with van der Waals surface area (Å²) in [5.74, 6) is 0.145. The van der Waals surface area contributed by atoms with Gasteiger partial charge < -0.3 is 19.9 Å². The number of carbonyl (C=O) groups is 1. The number of hydrogen-bond donors (Lipinski definition) is 3. The summed E-state index contributed by atoms with van der Waals surface area (Å²) in [4.78, 5) is 11.2. The Morgan fingerprint density at radius 2 is 2.03 bits per heavy atom. The number of sulfonamides is 1. The number of nitrogens with zero attached hydrogens (tertiary/aromatic N) is 3. The molecule has 11 nitrogen and oxygen atoms in total. The molecule has 3 N–H and O–H groups in total. The number of hydrogen-bond acceptors (Lipinski definition) is 8. The van der Waals surface area contributed by atoms with E-state index in [0.29, 0.717) is 37.1 Å². The van der Waals surface area contributed by atoms with E-state index in [1.54, 1.807) is 29.1 Å². The Kier molecular flexibility index (Phi) is 7.89. The monoisotopic (exact) mass is 524 g/mol. The van der Waals surface area contributed by atoms with E-state index in [1.807, 2.05) is 25.3 Å². The molecule has 4 aromatic rings. The Morgan fingerprint density at radius 1 is 1.22 bits per heavy atom. The molecule has 12 heteroatoms. The summed E-state index contributed by atoms with van der Waals surface area (Å²) >= 11 is 0. The molecule has 0 radical (unpaired) electrons. The zero-order valence-electron chi connectivity index (χ0n) is 20.5. The van der Waals surface area contributed by atoms with Crippen LogP contribution in [-0.4, -0.2) is 49.5 Å². The summed E-state index contributed by atoms with van der Waals surface area (Å²) < 4.78 is 41.0. The normalized spacial score (nSPS) is 11.4. The van der Waals surface area contributed by atoms with E-state index in [2.05, 4.69) is 32.2 Å². The fraction of sp³-hybridized carbons (Fsp3) is 0.240. The minimum atomic E-state index is -3.95. The quantitative estimate of drug-likeness (QED) is 0.190. The van der Waals surface area contributed by atoms with Crippen LogP contribution in [0.15, 0.2) is 70.9 Å². The van der Waals surface area contributed by atoms with Crippen LogP contribution in [0.1, 0.15) is 16.7 Å². The molecule has 1 amide bonds. The fourth-order valence-corrected chi connectivity index (χ4v) is 5.05. The summed E-state index contributed by atoms with van der Waals surface area (Å²) in [6.07, 6.45) is 4.95. The van der Waals surface area contributed by atoms with Crippen molar-refractivity contribution in [2.45, 2.75) is 24.9 Å². The average molecular weight is 525 g/mol. The molecule has 0 aliphatic heterocycles. The molecule has 0 aliphatic carbocycles. The first kappa shape index (κ1) is 25.9. The minimum absolute atomic E-state index is 0.00779. The lowest BCUT2D eigenvalue weighted by Crippen LogP contribution is -2.30. The third-order valence-electron chi connectivity index (χ3n) is 5.57. The second kappa shape index (κ2) is 11.3. The second-order valence-electron chi connectivity index (χ2n) is 8.29. The number of amides is 1. The van der Waals surface area contributed by atoms with Gasteiger partial charge in [0.15, 0.2) is 11.4 Å². The van der Waals surface area contributed by atoms with Crippen LogP contribution < -0.4 is 20.1 Å². The Morgan fingerprint density at radius 3 is 2.81 bits per heavy atom. The highest BCUT2D eigenvalue weighted by Crippen LogP contribution is 2.31. The number of para-hydroxylation sites is 1. The van der Waals surface area contributed by atoms with Crippen LogP contribution in [0, 0.1) is 6.92 Å². The van der Waals surface area contributed by atoms with E-state index in [-0.39, 0.29) is 22.4 Å². The molecule has 0 atom stereocenters. The van der Waals surface area contributed by atoms with E-state index in [0.717, 1.165) is 16.7 Å². The molecule has 37 heavy (non-hydrogen) atoms. The number of methoxy groups -OCH3 is 1. The molecule has 194 valence electrons. The van der Waals surface area contributed by atoms with Crippen molar-refractivity contribution in [2.75, 3.05) is 24.9 Å². The molecule has 4 rings (SSSR count). The van der Waals surface area contributed by atoms with Crippen molar-refractivity contribution in [3.8, 4) is 5.75 Å². The number of carbonyl (C=O) groups excluding carboxylic acids is 1. The maximum absolute atomic E-state index is 13.0. The van der Waals surface area contributed by atoms with Crippen LogP contribution in [0.5, 0.6) is 5.75 Å². The zero-order valence-corrected chi connectivity index (χ0v) is 21.3. The Hall–Kier alpha value is -4.16. The van der Waals surface area contributed by atoms with Gasteiger partial charge in [0.2, 0.25) is 5.91 Å². The molecular formula is C25H28N6O5S. The number of rotatable bonds is 12. The van der Waals surface area contributed by atoms with Gasteiger partial charge in [-0.2, -0.15) is 5.10 Å². The van der Waals surface area contributed by atoms with Crippen LogP contribution in [0.4, 0.5) is 5.82 Å². The average Bonchev–Trinajstić information content (AvgIpc) is 3.50. The standard InChI is InChI=1S/C25H28N6O5S/c1-4-23(32)27-10-9-26-13-19-14-28-31(16-19)15-18-11-17(2)24-21(12-18)36-29-25(24)30-37(33,34)22-8-6-5-7-20(22)35-3/h4-8,11-12,14,16,26H,1,9-10,13,15H2,2-3H3,(H,27,32)(H,29,30). The number of fused-ring (bicyclic) bond motifs is 1. The molecule has 0 unspecified atom stereocenters. The number of aryl methyl sites for hydroxylation is 1. The topological polar surface area (TPSA) is 140 Å². The van der Waals surface area contributed by atoms with E-state index in [4.69, 9.17) is 9.26 Å². The third-order valence-corrected chi connectivity index (χ3v) is 6.95. The summed E-state index contributed by atoms with van der Waals surface area (Å²) in [6, 6.07) is 10.1. The maximum atomic E-state index is 13.0. The maximum Gasteiger partial charge on any atom is 0.266 e. The summed E-state index contributed by atoms with van der Waals surface area (Å²) in [5, 5.41) is 14.9. The summed E-state index contributed by atoms with van der Waals surface area (Å²) in [6.45, 7) is 7.52. The molecule has 0 bridgehead atoms. The first-order chi connectivity index (χ1) is 17.8. The van der Waals surface area contributed by atoms with Crippen molar-refractivity contribution in [1.82, 2.24) is 25.6 Å². The van der Waals surface area contributed by atoms with Gasteiger partial charge in [0.1, 0.15) is 10.6 Å². The number of ether oxygens (including phenoxy) is 1. The highest BCUT2D eigenvalue weighted by Gasteiger charge is 2.23. The van der Waals surface area contributed by atoms with Crippen LogP contribution in [0.25, 0.3) is 11.0 Å². The van der Waals surface area contributed by atoms with Gasteiger partial charge in [0, 0.05) is 31.4 Å². The van der Waals surface area contributed by atoms with Gasteiger partial charge >= 0.3 is 0 Å². The van der Waals surface area contributed by atoms with Crippen LogP contribution in [0.2, 0.25) is 0 Å².